The largest absolute Gasteiger partial charge is 0.480 e. The number of halogens is 1. The van der Waals surface area contributed by atoms with E-state index in [4.69, 9.17) is 4.74 Å². The number of hydrogen-bond acceptors (Lipinski definition) is 4. The highest BCUT2D eigenvalue weighted by molar-refractivity contribution is 9.10. The Morgan fingerprint density at radius 1 is 0.971 bits per heavy atom. The third kappa shape index (κ3) is 4.05. The molecule has 0 heterocycles. The van der Waals surface area contributed by atoms with Gasteiger partial charge in [0.2, 0.25) is 0 Å². The van der Waals surface area contributed by atoms with Gasteiger partial charge in [-0.1, -0.05) is 64.5 Å². The second-order valence-corrected chi connectivity index (χ2v) is 9.40. The minimum Gasteiger partial charge on any atom is -0.480 e. The lowest BCUT2D eigenvalue weighted by molar-refractivity contribution is -0.140. The van der Waals surface area contributed by atoms with E-state index in [9.17, 15) is 19.5 Å². The van der Waals surface area contributed by atoms with Crippen molar-refractivity contribution in [1.29, 1.82) is 0 Å². The molecule has 3 N–H and O–H groups in total. The molecular weight excluding hydrogens is 500 g/mol. The van der Waals surface area contributed by atoms with Crippen LogP contribution in [0.4, 0.5) is 10.5 Å². The smallest absolute Gasteiger partial charge is 0.411 e. The number of carbonyl (C=O) groups is 3. The number of benzene rings is 3. The lowest BCUT2D eigenvalue weighted by Gasteiger charge is -2.17. The summed E-state index contributed by atoms with van der Waals surface area (Å²) >= 11 is 3.34. The minimum absolute atomic E-state index is 0.0891. The van der Waals surface area contributed by atoms with Crippen molar-refractivity contribution in [2.24, 2.45) is 0 Å². The van der Waals surface area contributed by atoms with Crippen LogP contribution in [0.15, 0.2) is 71.2 Å². The summed E-state index contributed by atoms with van der Waals surface area (Å²) in [6, 6.07) is 20.9. The van der Waals surface area contributed by atoms with Crippen molar-refractivity contribution in [3.05, 3.63) is 87.9 Å². The van der Waals surface area contributed by atoms with E-state index in [1.807, 2.05) is 36.4 Å². The molecule has 0 spiro atoms. The summed E-state index contributed by atoms with van der Waals surface area (Å²) in [5.41, 5.74) is 3.61. The first-order chi connectivity index (χ1) is 16.4. The number of rotatable bonds is 6. The van der Waals surface area contributed by atoms with Crippen LogP contribution in [0.1, 0.15) is 40.2 Å². The van der Waals surface area contributed by atoms with Gasteiger partial charge in [-0.2, -0.15) is 0 Å². The Labute approximate surface area is 204 Å². The number of nitrogens with one attached hydrogen (secondary N) is 2. The van der Waals surface area contributed by atoms with E-state index in [0.29, 0.717) is 17.3 Å². The van der Waals surface area contributed by atoms with Crippen molar-refractivity contribution < 1.29 is 24.2 Å². The average molecular weight is 521 g/mol. The number of carboxylic acids is 1. The summed E-state index contributed by atoms with van der Waals surface area (Å²) in [4.78, 5) is 36.9. The third-order valence-electron chi connectivity index (χ3n) is 6.32. The predicted molar refractivity (Wildman–Crippen MR) is 130 cm³/mol. The van der Waals surface area contributed by atoms with Crippen molar-refractivity contribution >= 4 is 39.6 Å². The molecule has 3 aromatic carbocycles. The Morgan fingerprint density at radius 2 is 1.59 bits per heavy atom. The van der Waals surface area contributed by atoms with E-state index in [1.165, 1.54) is 6.07 Å². The van der Waals surface area contributed by atoms with E-state index >= 15 is 0 Å². The fraction of sp³-hybridized carbons (Fsp3) is 0.192. The van der Waals surface area contributed by atoms with E-state index in [-0.39, 0.29) is 23.8 Å². The fourth-order valence-electron chi connectivity index (χ4n) is 4.36. The van der Waals surface area contributed by atoms with Gasteiger partial charge < -0.3 is 15.2 Å². The monoisotopic (exact) mass is 520 g/mol. The molecule has 0 radical (unpaired) electrons. The number of anilines is 1. The summed E-state index contributed by atoms with van der Waals surface area (Å²) in [6.07, 6.45) is 0.0489. The van der Waals surface area contributed by atoms with E-state index in [2.05, 4.69) is 38.7 Å². The first kappa shape index (κ1) is 22.2. The topological polar surface area (TPSA) is 105 Å². The molecule has 0 aromatic heterocycles. The molecule has 8 heteroatoms. The van der Waals surface area contributed by atoms with Crippen molar-refractivity contribution in [1.82, 2.24) is 5.32 Å². The van der Waals surface area contributed by atoms with E-state index in [1.54, 1.807) is 12.1 Å². The Hall–Kier alpha value is -3.65. The third-order valence-corrected chi connectivity index (χ3v) is 6.81. The van der Waals surface area contributed by atoms with Crippen LogP contribution in [-0.4, -0.2) is 35.2 Å². The Kier molecular flexibility index (Phi) is 5.61. The van der Waals surface area contributed by atoms with E-state index < -0.39 is 23.5 Å². The van der Waals surface area contributed by atoms with Gasteiger partial charge in [-0.3, -0.25) is 10.1 Å². The average Bonchev–Trinajstić information content (AvgIpc) is 3.54. The second-order valence-electron chi connectivity index (χ2n) is 8.48. The molecule has 0 atom stereocenters. The molecule has 5 rings (SSSR count). The first-order valence-electron chi connectivity index (χ1n) is 10.9. The number of hydrogen-bond donors (Lipinski definition) is 3. The van der Waals surface area contributed by atoms with E-state index in [0.717, 1.165) is 22.3 Å². The number of carbonyl (C=O) groups excluding carboxylic acids is 2. The molecule has 0 saturated heterocycles. The van der Waals surface area contributed by atoms with Gasteiger partial charge in [-0.15, -0.1) is 0 Å². The normalized spacial score (nSPS) is 15.1. The highest BCUT2D eigenvalue weighted by Crippen LogP contribution is 2.44. The molecule has 1 saturated carbocycles. The van der Waals surface area contributed by atoms with Crippen molar-refractivity contribution in [3.8, 4) is 11.1 Å². The molecule has 3 aromatic rings. The van der Waals surface area contributed by atoms with Gasteiger partial charge in [0.25, 0.3) is 5.91 Å². The Balaban J connectivity index is 1.31. The molecular formula is C26H21BrN2O5. The highest BCUT2D eigenvalue weighted by Gasteiger charge is 2.51. The molecule has 172 valence electrons. The van der Waals surface area contributed by atoms with Gasteiger partial charge in [0.05, 0.1) is 11.3 Å². The zero-order chi connectivity index (χ0) is 23.9. The van der Waals surface area contributed by atoms with Crippen LogP contribution in [0.3, 0.4) is 0 Å². The van der Waals surface area contributed by atoms with Gasteiger partial charge in [-0.05, 0) is 53.3 Å². The number of aliphatic carboxylic acids is 1. The predicted octanol–water partition coefficient (Wildman–Crippen LogP) is 5.16. The molecule has 2 aliphatic carbocycles. The quantitative estimate of drug-likeness (QED) is 0.416. The fourth-order valence-corrected chi connectivity index (χ4v) is 4.73. The molecule has 0 bridgehead atoms. The van der Waals surface area contributed by atoms with Gasteiger partial charge in [0.15, 0.2) is 0 Å². The molecule has 0 aliphatic heterocycles. The summed E-state index contributed by atoms with van der Waals surface area (Å²) in [5, 5.41) is 14.6. The van der Waals surface area contributed by atoms with Crippen LogP contribution in [0.25, 0.3) is 11.1 Å². The maximum atomic E-state index is 12.8. The zero-order valence-corrected chi connectivity index (χ0v) is 19.6. The number of fused-ring (bicyclic) bond motifs is 3. The van der Waals surface area contributed by atoms with Gasteiger partial charge >= 0.3 is 12.1 Å². The minimum atomic E-state index is -1.23. The second kappa shape index (κ2) is 8.61. The summed E-state index contributed by atoms with van der Waals surface area (Å²) < 4.78 is 6.23. The van der Waals surface area contributed by atoms with Crippen LogP contribution in [0.5, 0.6) is 0 Å². The molecule has 7 nitrogen and oxygen atoms in total. The summed E-state index contributed by atoms with van der Waals surface area (Å²) in [7, 11) is 0. The van der Waals surface area contributed by atoms with Gasteiger partial charge in [-0.25, -0.2) is 9.59 Å². The molecule has 34 heavy (non-hydrogen) atoms. The Morgan fingerprint density at radius 3 is 2.18 bits per heavy atom. The van der Waals surface area contributed by atoms with Crippen LogP contribution in [-0.2, 0) is 9.53 Å². The number of amides is 2. The van der Waals surface area contributed by atoms with Crippen LogP contribution < -0.4 is 10.6 Å². The molecule has 2 amide bonds. The lowest BCUT2D eigenvalue weighted by atomic mass is 9.98. The van der Waals surface area contributed by atoms with Crippen LogP contribution in [0, 0.1) is 0 Å². The SMILES string of the molecule is O=C(Nc1cc(Br)ccc1C(=O)NC1(C(=O)O)CC1)OCC1c2ccccc2-c2ccccc21. The molecule has 1 fully saturated rings. The maximum Gasteiger partial charge on any atom is 0.411 e. The molecule has 0 unspecified atom stereocenters. The number of ether oxygens (including phenoxy) is 1. The van der Waals surface area contributed by atoms with Crippen molar-refractivity contribution in [2.75, 3.05) is 11.9 Å². The summed E-state index contributed by atoms with van der Waals surface area (Å²) in [6.45, 7) is 0.136. The van der Waals surface area contributed by atoms with Gasteiger partial charge in [0.1, 0.15) is 12.1 Å². The van der Waals surface area contributed by atoms with Crippen molar-refractivity contribution in [3.63, 3.8) is 0 Å². The maximum absolute atomic E-state index is 12.8. The zero-order valence-electron chi connectivity index (χ0n) is 18.0. The molecule has 2 aliphatic rings. The first-order valence-corrected chi connectivity index (χ1v) is 11.6. The number of carboxylic acid groups (broad SMARTS) is 1. The standard InChI is InChI=1S/C26H21BrN2O5/c27-15-9-10-20(23(30)29-26(11-12-26)24(31)32)22(13-15)28-25(33)34-14-21-18-7-3-1-5-16(18)17-6-2-4-8-19(17)21/h1-10,13,21H,11-12,14H2,(H,28,33)(H,29,30)(H,31,32). The Bertz CT molecular complexity index is 1270. The summed E-state index contributed by atoms with van der Waals surface area (Å²) in [5.74, 6) is -1.72. The van der Waals surface area contributed by atoms with Gasteiger partial charge in [0, 0.05) is 10.4 Å². The van der Waals surface area contributed by atoms with Crippen molar-refractivity contribution in [2.45, 2.75) is 24.3 Å². The van der Waals surface area contributed by atoms with Crippen LogP contribution >= 0.6 is 15.9 Å². The lowest BCUT2D eigenvalue weighted by Crippen LogP contribution is -2.43. The highest BCUT2D eigenvalue weighted by atomic mass is 79.9. The van der Waals surface area contributed by atoms with Crippen LogP contribution in [0.2, 0.25) is 0 Å².